The zero-order valence-corrected chi connectivity index (χ0v) is 31.3. The van der Waals surface area contributed by atoms with Gasteiger partial charge in [-0.3, -0.25) is 4.79 Å². The number of carbonyl (C=O) groups excluding carboxylic acids is 1. The molecule has 0 saturated carbocycles. The van der Waals surface area contributed by atoms with Crippen molar-refractivity contribution in [3.8, 4) is 11.5 Å². The molecule has 3 nitrogen and oxygen atoms in total. The molecule has 0 aliphatic rings. The summed E-state index contributed by atoms with van der Waals surface area (Å²) in [5.41, 5.74) is 1.67. The smallest absolute Gasteiger partial charge is 0.185 e. The molecule has 0 unspecified atom stereocenters. The highest BCUT2D eigenvalue weighted by Gasteiger charge is 2.03. The molecule has 0 aliphatic carbocycles. The molecule has 0 amide bonds. The highest BCUT2D eigenvalue weighted by Crippen LogP contribution is 2.18. The molecule has 0 saturated heterocycles. The molecule has 0 aliphatic heterocycles. The molecule has 2 aromatic carbocycles. The molecule has 0 aromatic heterocycles. The van der Waals surface area contributed by atoms with Gasteiger partial charge in [0, 0.05) is 5.56 Å². The molecular weight excluding hydrogens is 588 g/mol. The number of hydrogen-bond donors (Lipinski definition) is 0. The van der Waals surface area contributed by atoms with E-state index in [1.54, 1.807) is 6.08 Å². The highest BCUT2D eigenvalue weighted by molar-refractivity contribution is 6.06. The predicted molar refractivity (Wildman–Crippen MR) is 209 cm³/mol. The van der Waals surface area contributed by atoms with Crippen LogP contribution < -0.4 is 9.47 Å². The van der Waals surface area contributed by atoms with Crippen molar-refractivity contribution in [1.29, 1.82) is 0 Å². The summed E-state index contributed by atoms with van der Waals surface area (Å²) in [5.74, 6) is 1.73. The molecule has 270 valence electrons. The minimum atomic E-state index is 0.000593. The fraction of sp³-hybridized carbons (Fsp3) is 0.667. The number of ether oxygens (including phenoxy) is 2. The first-order chi connectivity index (χ1) is 23.7. The van der Waals surface area contributed by atoms with Crippen LogP contribution in [0.3, 0.4) is 0 Å². The molecule has 2 aromatic rings. The summed E-state index contributed by atoms with van der Waals surface area (Å²) < 4.78 is 11.9. The predicted octanol–water partition coefficient (Wildman–Crippen LogP) is 14.5. The van der Waals surface area contributed by atoms with Gasteiger partial charge >= 0.3 is 0 Å². The van der Waals surface area contributed by atoms with Crippen LogP contribution in [0.5, 0.6) is 11.5 Å². The van der Waals surface area contributed by atoms with Crippen molar-refractivity contribution in [2.45, 2.75) is 181 Å². The van der Waals surface area contributed by atoms with Crippen LogP contribution in [0.2, 0.25) is 0 Å². The molecule has 0 radical (unpaired) electrons. The second-order valence-corrected chi connectivity index (χ2v) is 14.0. The van der Waals surface area contributed by atoms with E-state index in [9.17, 15) is 4.79 Å². The molecule has 0 fully saturated rings. The molecule has 0 N–H and O–H groups in total. The van der Waals surface area contributed by atoms with Crippen molar-refractivity contribution < 1.29 is 14.3 Å². The van der Waals surface area contributed by atoms with E-state index in [4.69, 9.17) is 9.47 Å². The summed E-state index contributed by atoms with van der Waals surface area (Å²) in [5, 5.41) is 0. The Balaban J connectivity index is 1.45. The SMILES string of the molecule is CCCCCCCCCCCCCCCCCCOc1ccc(C(=O)/C=C/c2ccc(OCCCCCCCCCCCC)cc2)cc1. The number of allylic oxidation sites excluding steroid dienone is 1. The minimum absolute atomic E-state index is 0.000593. The Hall–Kier alpha value is -2.55. The average Bonchev–Trinajstić information content (AvgIpc) is 3.11. The van der Waals surface area contributed by atoms with E-state index in [-0.39, 0.29) is 5.78 Å². The summed E-state index contributed by atoms with van der Waals surface area (Å²) >= 11 is 0. The maximum atomic E-state index is 12.7. The van der Waals surface area contributed by atoms with Crippen LogP contribution in [0.1, 0.15) is 197 Å². The van der Waals surface area contributed by atoms with Crippen LogP contribution in [0.4, 0.5) is 0 Å². The molecule has 0 bridgehead atoms. The normalized spacial score (nSPS) is 11.4. The standard InChI is InChI=1S/C45H72O3/c1-3-5-7-9-11-13-15-16-17-18-19-20-22-24-26-28-40-48-44-36-32-42(33-37-44)45(46)38-31-41-29-34-43(35-30-41)47-39-27-25-23-21-14-12-10-8-6-4-2/h29-38H,3-28,39-40H2,1-2H3/b38-31+. The second kappa shape index (κ2) is 30.5. The molecule has 0 heterocycles. The van der Waals surface area contributed by atoms with Gasteiger partial charge in [0.1, 0.15) is 11.5 Å². The van der Waals surface area contributed by atoms with Crippen LogP contribution >= 0.6 is 0 Å². The Morgan fingerprint density at radius 2 is 0.750 bits per heavy atom. The second-order valence-electron chi connectivity index (χ2n) is 14.0. The zero-order valence-electron chi connectivity index (χ0n) is 31.3. The Bertz CT molecular complexity index is 1020. The zero-order chi connectivity index (χ0) is 34.2. The van der Waals surface area contributed by atoms with E-state index < -0.39 is 0 Å². The van der Waals surface area contributed by atoms with Gasteiger partial charge in [0.25, 0.3) is 0 Å². The van der Waals surface area contributed by atoms with Crippen LogP contribution in [-0.4, -0.2) is 19.0 Å². The fourth-order valence-electron chi connectivity index (χ4n) is 6.28. The van der Waals surface area contributed by atoms with Gasteiger partial charge in [0.2, 0.25) is 0 Å². The van der Waals surface area contributed by atoms with E-state index in [1.165, 1.54) is 154 Å². The summed E-state index contributed by atoms with van der Waals surface area (Å²) in [7, 11) is 0. The van der Waals surface area contributed by atoms with Gasteiger partial charge in [-0.25, -0.2) is 0 Å². The third kappa shape index (κ3) is 22.9. The van der Waals surface area contributed by atoms with Gasteiger partial charge in [-0.05, 0) is 60.9 Å². The largest absolute Gasteiger partial charge is 0.494 e. The first-order valence-electron chi connectivity index (χ1n) is 20.4. The van der Waals surface area contributed by atoms with Crippen molar-refractivity contribution in [2.24, 2.45) is 0 Å². The molecule has 0 spiro atoms. The van der Waals surface area contributed by atoms with Crippen molar-refractivity contribution in [2.75, 3.05) is 13.2 Å². The van der Waals surface area contributed by atoms with Crippen LogP contribution in [0.15, 0.2) is 54.6 Å². The third-order valence-corrected chi connectivity index (χ3v) is 9.48. The van der Waals surface area contributed by atoms with Crippen molar-refractivity contribution in [1.82, 2.24) is 0 Å². The number of carbonyl (C=O) groups is 1. The number of unbranched alkanes of at least 4 members (excludes halogenated alkanes) is 24. The van der Waals surface area contributed by atoms with Gasteiger partial charge in [0.15, 0.2) is 5.78 Å². The van der Waals surface area contributed by atoms with Crippen LogP contribution in [0, 0.1) is 0 Å². The van der Waals surface area contributed by atoms with E-state index in [1.807, 2.05) is 54.6 Å². The highest BCUT2D eigenvalue weighted by atomic mass is 16.5. The van der Waals surface area contributed by atoms with E-state index in [2.05, 4.69) is 13.8 Å². The topological polar surface area (TPSA) is 35.5 Å². The summed E-state index contributed by atoms with van der Waals surface area (Å²) in [6.07, 6.45) is 38.8. The lowest BCUT2D eigenvalue weighted by Crippen LogP contribution is -1.99. The van der Waals surface area contributed by atoms with E-state index >= 15 is 0 Å². The lowest BCUT2D eigenvalue weighted by molar-refractivity contribution is 0.104. The first kappa shape index (κ1) is 41.6. The maximum Gasteiger partial charge on any atom is 0.185 e. The molecule has 48 heavy (non-hydrogen) atoms. The van der Waals surface area contributed by atoms with E-state index in [0.29, 0.717) is 5.56 Å². The summed E-state index contributed by atoms with van der Waals surface area (Å²) in [6, 6.07) is 15.5. The van der Waals surface area contributed by atoms with Crippen LogP contribution in [-0.2, 0) is 0 Å². The van der Waals surface area contributed by atoms with Gasteiger partial charge in [0.05, 0.1) is 13.2 Å². The summed E-state index contributed by atoms with van der Waals surface area (Å²) in [6.45, 7) is 6.07. The Kier molecular flexibility index (Phi) is 26.4. The van der Waals surface area contributed by atoms with Gasteiger partial charge < -0.3 is 9.47 Å². The lowest BCUT2D eigenvalue weighted by Gasteiger charge is -2.07. The minimum Gasteiger partial charge on any atom is -0.494 e. The summed E-state index contributed by atoms with van der Waals surface area (Å²) in [4.78, 5) is 12.7. The molecule has 2 rings (SSSR count). The lowest BCUT2D eigenvalue weighted by atomic mass is 10.0. The number of hydrogen-bond acceptors (Lipinski definition) is 3. The van der Waals surface area contributed by atoms with Gasteiger partial charge in [-0.2, -0.15) is 0 Å². The van der Waals surface area contributed by atoms with Crippen molar-refractivity contribution >= 4 is 11.9 Å². The molecule has 0 atom stereocenters. The van der Waals surface area contributed by atoms with Crippen LogP contribution in [0.25, 0.3) is 6.08 Å². The fourth-order valence-corrected chi connectivity index (χ4v) is 6.28. The van der Waals surface area contributed by atoms with Gasteiger partial charge in [-0.15, -0.1) is 0 Å². The molecule has 3 heteroatoms. The number of ketones is 1. The Morgan fingerprint density at radius 1 is 0.438 bits per heavy atom. The van der Waals surface area contributed by atoms with Crippen molar-refractivity contribution in [3.63, 3.8) is 0 Å². The Morgan fingerprint density at radius 3 is 1.10 bits per heavy atom. The third-order valence-electron chi connectivity index (χ3n) is 9.48. The quantitative estimate of drug-likeness (QED) is 0.0434. The van der Waals surface area contributed by atoms with Crippen molar-refractivity contribution in [3.05, 3.63) is 65.7 Å². The first-order valence-corrected chi connectivity index (χ1v) is 20.4. The number of benzene rings is 2. The maximum absolute atomic E-state index is 12.7. The molecular formula is C45H72O3. The van der Waals surface area contributed by atoms with E-state index in [0.717, 1.165) is 43.1 Å². The monoisotopic (exact) mass is 661 g/mol. The average molecular weight is 661 g/mol. The number of rotatable bonds is 33. The Labute approximate surface area is 296 Å². The van der Waals surface area contributed by atoms with Gasteiger partial charge in [-0.1, -0.05) is 186 Å².